The number of hydrogen-bond donors (Lipinski definition) is 2. The van der Waals surface area contributed by atoms with Crippen molar-refractivity contribution in [2.75, 3.05) is 10.6 Å². The largest absolute Gasteiger partial charge is 0.352 e. The minimum absolute atomic E-state index is 0.297. The molecule has 0 atom stereocenters. The quantitative estimate of drug-likeness (QED) is 0.767. The standard InChI is InChI=1S/C16H15N5OS/c1-10-5-6-13(20-12-4-3-7-17-9-12)14(19-10)15(22)21-16-18-8-11(2)23-16/h3-9,20H,1-2H3,(H,18,21,22). The highest BCUT2D eigenvalue weighted by atomic mass is 32.1. The minimum atomic E-state index is -0.297. The lowest BCUT2D eigenvalue weighted by Gasteiger charge is -2.11. The van der Waals surface area contributed by atoms with Crippen LogP contribution in [0, 0.1) is 13.8 Å². The van der Waals surface area contributed by atoms with Gasteiger partial charge in [-0.15, -0.1) is 11.3 Å². The number of hydrogen-bond acceptors (Lipinski definition) is 6. The number of nitrogens with one attached hydrogen (secondary N) is 2. The summed E-state index contributed by atoms with van der Waals surface area (Å²) in [6.07, 6.45) is 5.10. The maximum absolute atomic E-state index is 12.5. The predicted octanol–water partition coefficient (Wildman–Crippen LogP) is 3.55. The van der Waals surface area contributed by atoms with E-state index in [-0.39, 0.29) is 5.91 Å². The summed E-state index contributed by atoms with van der Waals surface area (Å²) in [6, 6.07) is 7.38. The molecule has 0 aromatic carbocycles. The van der Waals surface area contributed by atoms with E-state index >= 15 is 0 Å². The van der Waals surface area contributed by atoms with E-state index < -0.39 is 0 Å². The fraction of sp³-hybridized carbons (Fsp3) is 0.125. The van der Waals surface area contributed by atoms with E-state index in [4.69, 9.17) is 0 Å². The number of carbonyl (C=O) groups excluding carboxylic acids is 1. The number of rotatable bonds is 4. The van der Waals surface area contributed by atoms with Crippen LogP contribution in [0.3, 0.4) is 0 Å². The van der Waals surface area contributed by atoms with Gasteiger partial charge in [-0.25, -0.2) is 9.97 Å². The molecule has 3 heterocycles. The molecule has 3 aromatic rings. The van der Waals surface area contributed by atoms with Crippen molar-refractivity contribution in [3.63, 3.8) is 0 Å². The van der Waals surface area contributed by atoms with Crippen molar-refractivity contribution in [2.45, 2.75) is 13.8 Å². The molecule has 2 N–H and O–H groups in total. The third-order valence-corrected chi connectivity index (χ3v) is 3.86. The summed E-state index contributed by atoms with van der Waals surface area (Å²) in [7, 11) is 0. The van der Waals surface area contributed by atoms with Crippen LogP contribution in [-0.4, -0.2) is 20.9 Å². The normalized spacial score (nSPS) is 10.3. The van der Waals surface area contributed by atoms with E-state index in [1.807, 2.05) is 38.1 Å². The van der Waals surface area contributed by atoms with Gasteiger partial charge in [0.05, 0.1) is 17.6 Å². The van der Waals surface area contributed by atoms with Crippen molar-refractivity contribution < 1.29 is 4.79 Å². The summed E-state index contributed by atoms with van der Waals surface area (Å²) in [4.78, 5) is 26.1. The molecule has 6 nitrogen and oxygen atoms in total. The van der Waals surface area contributed by atoms with Gasteiger partial charge >= 0.3 is 0 Å². The number of aryl methyl sites for hydroxylation is 2. The first kappa shape index (κ1) is 15.1. The van der Waals surface area contributed by atoms with Crippen molar-refractivity contribution >= 4 is 33.8 Å². The Labute approximate surface area is 137 Å². The fourth-order valence-electron chi connectivity index (χ4n) is 1.99. The van der Waals surface area contributed by atoms with E-state index in [0.29, 0.717) is 16.5 Å². The third-order valence-electron chi connectivity index (χ3n) is 3.03. The lowest BCUT2D eigenvalue weighted by Crippen LogP contribution is -2.16. The average molecular weight is 325 g/mol. The fourth-order valence-corrected chi connectivity index (χ4v) is 2.65. The van der Waals surface area contributed by atoms with Crippen molar-refractivity contribution in [1.29, 1.82) is 0 Å². The number of nitrogens with zero attached hydrogens (tertiary/aromatic N) is 3. The van der Waals surface area contributed by atoms with Gasteiger partial charge < -0.3 is 5.32 Å². The van der Waals surface area contributed by atoms with Crippen molar-refractivity contribution in [2.24, 2.45) is 0 Å². The lowest BCUT2D eigenvalue weighted by molar-refractivity contribution is 0.102. The van der Waals surface area contributed by atoms with Gasteiger partial charge in [-0.3, -0.25) is 15.1 Å². The van der Waals surface area contributed by atoms with Gasteiger partial charge in [0.25, 0.3) is 5.91 Å². The van der Waals surface area contributed by atoms with Gasteiger partial charge in [-0.1, -0.05) is 0 Å². The Hall–Kier alpha value is -2.80. The van der Waals surface area contributed by atoms with Gasteiger partial charge in [0.15, 0.2) is 10.8 Å². The topological polar surface area (TPSA) is 79.8 Å². The molecular weight excluding hydrogens is 310 g/mol. The molecule has 0 spiro atoms. The van der Waals surface area contributed by atoms with Crippen LogP contribution in [0.25, 0.3) is 0 Å². The molecule has 7 heteroatoms. The predicted molar refractivity (Wildman–Crippen MR) is 91.3 cm³/mol. The van der Waals surface area contributed by atoms with Crippen LogP contribution < -0.4 is 10.6 Å². The number of aromatic nitrogens is 3. The highest BCUT2D eigenvalue weighted by Crippen LogP contribution is 2.22. The van der Waals surface area contributed by atoms with E-state index in [2.05, 4.69) is 25.6 Å². The molecule has 0 aliphatic heterocycles. The van der Waals surface area contributed by atoms with Crippen LogP contribution in [0.1, 0.15) is 21.1 Å². The van der Waals surface area contributed by atoms with Crippen LogP contribution >= 0.6 is 11.3 Å². The summed E-state index contributed by atoms with van der Waals surface area (Å²) in [5.41, 5.74) is 2.50. The first-order valence-corrected chi connectivity index (χ1v) is 7.82. The van der Waals surface area contributed by atoms with E-state index in [9.17, 15) is 4.79 Å². The van der Waals surface area contributed by atoms with E-state index in [1.165, 1.54) is 11.3 Å². The highest BCUT2D eigenvalue weighted by Gasteiger charge is 2.15. The summed E-state index contributed by atoms with van der Waals surface area (Å²) in [6.45, 7) is 3.78. The van der Waals surface area contributed by atoms with Gasteiger partial charge in [0.2, 0.25) is 0 Å². The van der Waals surface area contributed by atoms with Gasteiger partial charge in [0.1, 0.15) is 0 Å². The van der Waals surface area contributed by atoms with Crippen LogP contribution in [-0.2, 0) is 0 Å². The van der Waals surface area contributed by atoms with Crippen LogP contribution in [0.2, 0.25) is 0 Å². The Bertz CT molecular complexity index is 831. The number of carbonyl (C=O) groups is 1. The van der Waals surface area contributed by atoms with Crippen LogP contribution in [0.4, 0.5) is 16.5 Å². The SMILES string of the molecule is Cc1ccc(Nc2cccnc2)c(C(=O)Nc2ncc(C)s2)n1. The lowest BCUT2D eigenvalue weighted by atomic mass is 10.2. The van der Waals surface area contributed by atoms with E-state index in [1.54, 1.807) is 18.6 Å². The first-order valence-electron chi connectivity index (χ1n) is 7.00. The summed E-state index contributed by atoms with van der Waals surface area (Å²) in [5, 5.41) is 6.51. The number of pyridine rings is 2. The molecule has 116 valence electrons. The molecule has 0 bridgehead atoms. The molecule has 0 aliphatic carbocycles. The van der Waals surface area contributed by atoms with Gasteiger partial charge in [0, 0.05) is 23.0 Å². The molecule has 3 rings (SSSR count). The zero-order valence-corrected chi connectivity index (χ0v) is 13.5. The van der Waals surface area contributed by atoms with E-state index in [0.717, 1.165) is 16.3 Å². The van der Waals surface area contributed by atoms with Crippen molar-refractivity contribution in [3.8, 4) is 0 Å². The summed E-state index contributed by atoms with van der Waals surface area (Å²) in [5.74, 6) is -0.297. The zero-order chi connectivity index (χ0) is 16.2. The molecule has 23 heavy (non-hydrogen) atoms. The smallest absolute Gasteiger partial charge is 0.278 e. The molecule has 3 aromatic heterocycles. The molecular formula is C16H15N5OS. The van der Waals surface area contributed by atoms with Gasteiger partial charge in [-0.2, -0.15) is 0 Å². The second kappa shape index (κ2) is 6.53. The Morgan fingerprint density at radius 3 is 2.74 bits per heavy atom. The second-order valence-electron chi connectivity index (χ2n) is 4.95. The summed E-state index contributed by atoms with van der Waals surface area (Å²) >= 11 is 1.42. The molecule has 1 amide bonds. The molecule has 0 fully saturated rings. The maximum Gasteiger partial charge on any atom is 0.278 e. The molecule has 0 unspecified atom stereocenters. The Morgan fingerprint density at radius 2 is 2.04 bits per heavy atom. The van der Waals surface area contributed by atoms with Gasteiger partial charge in [-0.05, 0) is 38.1 Å². The minimum Gasteiger partial charge on any atom is -0.352 e. The molecule has 0 radical (unpaired) electrons. The summed E-state index contributed by atoms with van der Waals surface area (Å²) < 4.78 is 0. The maximum atomic E-state index is 12.5. The Morgan fingerprint density at radius 1 is 1.17 bits per heavy atom. The first-order chi connectivity index (χ1) is 11.1. The zero-order valence-electron chi connectivity index (χ0n) is 12.7. The second-order valence-corrected chi connectivity index (χ2v) is 6.18. The molecule has 0 aliphatic rings. The average Bonchev–Trinajstić information content (AvgIpc) is 2.95. The molecule has 0 saturated carbocycles. The molecule has 0 saturated heterocycles. The number of anilines is 3. The monoisotopic (exact) mass is 325 g/mol. The van der Waals surface area contributed by atoms with Crippen LogP contribution in [0.15, 0.2) is 42.9 Å². The van der Waals surface area contributed by atoms with Crippen molar-refractivity contribution in [3.05, 3.63) is 59.1 Å². The number of thiazole rings is 1. The van der Waals surface area contributed by atoms with Crippen molar-refractivity contribution in [1.82, 2.24) is 15.0 Å². The highest BCUT2D eigenvalue weighted by molar-refractivity contribution is 7.15. The number of amides is 1. The van der Waals surface area contributed by atoms with Crippen LogP contribution in [0.5, 0.6) is 0 Å². The third kappa shape index (κ3) is 3.70. The Kier molecular flexibility index (Phi) is 4.29. The Balaban J connectivity index is 1.88.